The van der Waals surface area contributed by atoms with Crippen LogP contribution in [0.5, 0.6) is 0 Å². The summed E-state index contributed by atoms with van der Waals surface area (Å²) in [4.78, 5) is 0. The summed E-state index contributed by atoms with van der Waals surface area (Å²) in [5.41, 5.74) is 1.05. The van der Waals surface area contributed by atoms with Gasteiger partial charge in [-0.3, -0.25) is 4.68 Å². The number of hydrogen-bond acceptors (Lipinski definition) is 1. The highest BCUT2D eigenvalue weighted by molar-refractivity contribution is 14.1. The van der Waals surface area contributed by atoms with Crippen LogP contribution in [0.4, 0.5) is 0 Å². The molecule has 0 N–H and O–H groups in total. The van der Waals surface area contributed by atoms with E-state index in [1.165, 1.54) is 8.96 Å². The lowest BCUT2D eigenvalue weighted by Crippen LogP contribution is -1.84. The van der Waals surface area contributed by atoms with Crippen molar-refractivity contribution in [3.8, 4) is 0 Å². The van der Waals surface area contributed by atoms with Crippen LogP contribution in [-0.2, 0) is 7.05 Å². The largest absolute Gasteiger partial charge is 0.275 e. The highest BCUT2D eigenvalue weighted by Crippen LogP contribution is 2.24. The molecule has 0 radical (unpaired) electrons. The van der Waals surface area contributed by atoms with Gasteiger partial charge in [0.25, 0.3) is 0 Å². The average Bonchev–Trinajstić information content (AvgIpc) is 2.30. The van der Waals surface area contributed by atoms with E-state index in [9.17, 15) is 0 Å². The van der Waals surface area contributed by atoms with Gasteiger partial charge in [-0.1, -0.05) is 0 Å². The fourth-order valence-electron chi connectivity index (χ4n) is 1.14. The van der Waals surface area contributed by atoms with Gasteiger partial charge in [-0.05, 0) is 50.7 Å². The summed E-state index contributed by atoms with van der Waals surface area (Å²) in [6.45, 7) is 0. The Balaban J connectivity index is 2.83. The van der Waals surface area contributed by atoms with Gasteiger partial charge in [-0.15, -0.1) is 0 Å². The molecule has 0 saturated carbocycles. The predicted octanol–water partition coefficient (Wildman–Crippen LogP) is 2.94. The maximum Gasteiger partial charge on any atom is 0.0934 e. The van der Waals surface area contributed by atoms with Gasteiger partial charge in [-0.2, -0.15) is 5.10 Å². The molecular formula is C8H6BrIN2. The van der Waals surface area contributed by atoms with E-state index in [2.05, 4.69) is 55.8 Å². The number of nitrogens with zero attached hydrogens (tertiary/aromatic N) is 2. The van der Waals surface area contributed by atoms with Gasteiger partial charge < -0.3 is 0 Å². The molecule has 0 amide bonds. The monoisotopic (exact) mass is 336 g/mol. The van der Waals surface area contributed by atoms with Crippen molar-refractivity contribution >= 4 is 49.4 Å². The first-order valence-corrected chi connectivity index (χ1v) is 5.32. The van der Waals surface area contributed by atoms with Gasteiger partial charge in [0.1, 0.15) is 0 Å². The molecule has 0 saturated heterocycles. The normalized spacial score (nSPS) is 10.9. The molecule has 12 heavy (non-hydrogen) atoms. The number of fused-ring (bicyclic) bond motifs is 1. The summed E-state index contributed by atoms with van der Waals surface area (Å²) >= 11 is 5.77. The summed E-state index contributed by atoms with van der Waals surface area (Å²) < 4.78 is 4.15. The summed E-state index contributed by atoms with van der Waals surface area (Å²) in [5, 5.41) is 5.48. The molecule has 4 heteroatoms. The van der Waals surface area contributed by atoms with Crippen LogP contribution in [0.2, 0.25) is 0 Å². The number of halogens is 2. The third-order valence-corrected chi connectivity index (χ3v) is 3.95. The van der Waals surface area contributed by atoms with E-state index in [4.69, 9.17) is 0 Å². The smallest absolute Gasteiger partial charge is 0.0934 e. The van der Waals surface area contributed by atoms with Gasteiger partial charge in [0.05, 0.1) is 5.52 Å². The average molecular weight is 337 g/mol. The quantitative estimate of drug-likeness (QED) is 0.676. The topological polar surface area (TPSA) is 17.8 Å². The molecule has 0 unspecified atom stereocenters. The van der Waals surface area contributed by atoms with Crippen LogP contribution in [0.1, 0.15) is 0 Å². The zero-order valence-corrected chi connectivity index (χ0v) is 10.1. The Morgan fingerprint density at radius 1 is 1.50 bits per heavy atom. The van der Waals surface area contributed by atoms with Crippen molar-refractivity contribution in [3.63, 3.8) is 0 Å². The molecule has 1 aromatic carbocycles. The van der Waals surface area contributed by atoms with Crippen LogP contribution in [-0.4, -0.2) is 9.78 Å². The first-order valence-electron chi connectivity index (χ1n) is 3.45. The van der Waals surface area contributed by atoms with Crippen LogP contribution >= 0.6 is 38.5 Å². The molecule has 0 aliphatic heterocycles. The Morgan fingerprint density at radius 2 is 2.25 bits per heavy atom. The second kappa shape index (κ2) is 2.99. The lowest BCUT2D eigenvalue weighted by Gasteiger charge is -1.93. The molecule has 0 fully saturated rings. The Labute approximate surface area is 92.2 Å². The molecule has 0 spiro atoms. The third kappa shape index (κ3) is 1.37. The fourth-order valence-corrected chi connectivity index (χ4v) is 1.95. The van der Waals surface area contributed by atoms with Crippen LogP contribution in [0.25, 0.3) is 10.9 Å². The highest BCUT2D eigenvalue weighted by atomic mass is 127. The summed E-state index contributed by atoms with van der Waals surface area (Å²) in [6.07, 6.45) is 2.01. The molecule has 0 aliphatic rings. The minimum atomic E-state index is 1.05. The van der Waals surface area contributed by atoms with E-state index in [0.29, 0.717) is 0 Å². The first kappa shape index (κ1) is 8.50. The Morgan fingerprint density at radius 3 is 3.00 bits per heavy atom. The molecule has 2 rings (SSSR count). The van der Waals surface area contributed by atoms with E-state index >= 15 is 0 Å². The fraction of sp³-hybridized carbons (Fsp3) is 0.125. The zero-order valence-electron chi connectivity index (χ0n) is 6.38. The van der Waals surface area contributed by atoms with Gasteiger partial charge in [0.2, 0.25) is 0 Å². The minimum absolute atomic E-state index is 1.05. The third-order valence-electron chi connectivity index (χ3n) is 1.66. The SMILES string of the molecule is Cn1cc2cc(Br)c(I)cc2n1. The zero-order chi connectivity index (χ0) is 8.72. The molecule has 0 bridgehead atoms. The molecule has 62 valence electrons. The Hall–Kier alpha value is -0.100. The van der Waals surface area contributed by atoms with Crippen molar-refractivity contribution in [2.45, 2.75) is 0 Å². The van der Waals surface area contributed by atoms with Crippen LogP contribution in [0.15, 0.2) is 22.8 Å². The van der Waals surface area contributed by atoms with Crippen molar-refractivity contribution < 1.29 is 0 Å². The standard InChI is InChI=1S/C8H6BrIN2/c1-12-4-5-2-6(9)7(10)3-8(5)11-12/h2-4H,1H3. The maximum absolute atomic E-state index is 4.31. The number of rotatable bonds is 0. The molecular weight excluding hydrogens is 331 g/mol. The molecule has 0 atom stereocenters. The maximum atomic E-state index is 4.31. The number of hydrogen-bond donors (Lipinski definition) is 0. The van der Waals surface area contributed by atoms with Gasteiger partial charge in [0, 0.05) is 26.7 Å². The Bertz CT molecular complexity index is 397. The van der Waals surface area contributed by atoms with E-state index in [1.54, 1.807) is 0 Å². The van der Waals surface area contributed by atoms with Gasteiger partial charge >= 0.3 is 0 Å². The van der Waals surface area contributed by atoms with Gasteiger partial charge in [0.15, 0.2) is 0 Å². The highest BCUT2D eigenvalue weighted by Gasteiger charge is 2.02. The first-order chi connectivity index (χ1) is 5.66. The lowest BCUT2D eigenvalue weighted by molar-refractivity contribution is 0.779. The van der Waals surface area contributed by atoms with Crippen LogP contribution in [0, 0.1) is 3.57 Å². The second-order valence-electron chi connectivity index (χ2n) is 2.63. The van der Waals surface area contributed by atoms with E-state index in [-0.39, 0.29) is 0 Å². The lowest BCUT2D eigenvalue weighted by atomic mass is 10.3. The predicted molar refractivity (Wildman–Crippen MR) is 61.1 cm³/mol. The molecule has 2 nitrogen and oxygen atoms in total. The number of aromatic nitrogens is 2. The van der Waals surface area contributed by atoms with Crippen molar-refractivity contribution in [2.24, 2.45) is 7.05 Å². The van der Waals surface area contributed by atoms with Crippen LogP contribution < -0.4 is 0 Å². The van der Waals surface area contributed by atoms with E-state index < -0.39 is 0 Å². The van der Waals surface area contributed by atoms with Crippen molar-refractivity contribution in [1.82, 2.24) is 9.78 Å². The molecule has 0 aliphatic carbocycles. The number of aryl methyl sites for hydroxylation is 1. The van der Waals surface area contributed by atoms with Gasteiger partial charge in [-0.25, -0.2) is 0 Å². The van der Waals surface area contributed by atoms with Crippen molar-refractivity contribution in [3.05, 3.63) is 26.4 Å². The van der Waals surface area contributed by atoms with Crippen LogP contribution in [0.3, 0.4) is 0 Å². The van der Waals surface area contributed by atoms with Crippen molar-refractivity contribution in [1.29, 1.82) is 0 Å². The second-order valence-corrected chi connectivity index (χ2v) is 4.64. The Kier molecular flexibility index (Phi) is 2.12. The van der Waals surface area contributed by atoms with Crippen molar-refractivity contribution in [2.75, 3.05) is 0 Å². The molecule has 1 heterocycles. The van der Waals surface area contributed by atoms with E-state index in [0.717, 1.165) is 9.99 Å². The summed E-state index contributed by atoms with van der Waals surface area (Å²) in [6, 6.07) is 4.16. The van der Waals surface area contributed by atoms with E-state index in [1.807, 2.05) is 17.9 Å². The molecule has 2 aromatic rings. The number of benzene rings is 1. The minimum Gasteiger partial charge on any atom is -0.275 e. The summed E-state index contributed by atoms with van der Waals surface area (Å²) in [5.74, 6) is 0. The summed E-state index contributed by atoms with van der Waals surface area (Å²) in [7, 11) is 1.93. The molecule has 1 aromatic heterocycles.